The first kappa shape index (κ1) is 19.3. The minimum absolute atomic E-state index is 0.0449. The van der Waals surface area contributed by atoms with Crippen LogP contribution < -0.4 is 15.4 Å². The number of hydrogen-bond donors (Lipinski definition) is 1. The summed E-state index contributed by atoms with van der Waals surface area (Å²) in [4.78, 5) is 25.5. The maximum absolute atomic E-state index is 12.7. The fourth-order valence-electron chi connectivity index (χ4n) is 3.51. The third kappa shape index (κ3) is 3.65. The lowest BCUT2D eigenvalue weighted by Crippen LogP contribution is -2.23. The molecule has 0 unspecified atom stereocenters. The van der Waals surface area contributed by atoms with Crippen LogP contribution in [0.15, 0.2) is 56.6 Å². The van der Waals surface area contributed by atoms with Crippen molar-refractivity contribution in [2.45, 2.75) is 37.6 Å². The molecule has 0 spiro atoms. The topological polar surface area (TPSA) is 102 Å². The Hall–Kier alpha value is -3.07. The molecule has 29 heavy (non-hydrogen) atoms. The third-order valence-corrected chi connectivity index (χ3v) is 6.30. The molecule has 1 aromatic heterocycles. The van der Waals surface area contributed by atoms with Gasteiger partial charge in [0.2, 0.25) is 5.91 Å². The van der Waals surface area contributed by atoms with Gasteiger partial charge in [0.1, 0.15) is 0 Å². The highest BCUT2D eigenvalue weighted by Gasteiger charge is 2.22. The smallest absolute Gasteiger partial charge is 0.408 e. The first-order valence-corrected chi connectivity index (χ1v) is 10.9. The molecular weight excluding hydrogens is 394 g/mol. The monoisotopic (exact) mass is 415 g/mol. The number of sulfonamides is 1. The third-order valence-electron chi connectivity index (χ3n) is 4.90. The molecule has 2 heterocycles. The van der Waals surface area contributed by atoms with Crippen molar-refractivity contribution in [3.05, 3.63) is 53.0 Å². The number of benzene rings is 2. The minimum atomic E-state index is -3.83. The van der Waals surface area contributed by atoms with Gasteiger partial charge in [0.05, 0.1) is 16.1 Å². The number of carbonyl (C=O) groups is 1. The summed E-state index contributed by atoms with van der Waals surface area (Å²) >= 11 is 0. The molecule has 152 valence electrons. The van der Waals surface area contributed by atoms with E-state index in [4.69, 9.17) is 4.42 Å². The predicted molar refractivity (Wildman–Crippen MR) is 110 cm³/mol. The number of nitrogens with zero attached hydrogens (tertiary/aromatic N) is 2. The number of amides is 1. The van der Waals surface area contributed by atoms with Crippen molar-refractivity contribution < 1.29 is 17.6 Å². The van der Waals surface area contributed by atoms with Gasteiger partial charge in [-0.3, -0.25) is 14.1 Å². The van der Waals surface area contributed by atoms with E-state index in [1.54, 1.807) is 29.2 Å². The van der Waals surface area contributed by atoms with Crippen molar-refractivity contribution in [1.82, 2.24) is 4.57 Å². The van der Waals surface area contributed by atoms with E-state index in [2.05, 4.69) is 4.72 Å². The molecule has 4 rings (SSSR count). The van der Waals surface area contributed by atoms with Crippen LogP contribution in [0.25, 0.3) is 11.1 Å². The Balaban J connectivity index is 1.58. The molecule has 0 radical (unpaired) electrons. The van der Waals surface area contributed by atoms with Crippen LogP contribution in [0.4, 0.5) is 11.4 Å². The Labute approximate surface area is 167 Å². The highest BCUT2D eigenvalue weighted by Crippen LogP contribution is 2.25. The molecule has 9 heteroatoms. The van der Waals surface area contributed by atoms with Gasteiger partial charge >= 0.3 is 5.76 Å². The molecule has 1 aliphatic heterocycles. The number of hydrogen-bond acceptors (Lipinski definition) is 5. The van der Waals surface area contributed by atoms with Crippen LogP contribution in [0, 0.1) is 0 Å². The average Bonchev–Trinajstić information content (AvgIpc) is 3.25. The Bertz CT molecular complexity index is 1230. The predicted octanol–water partition coefficient (Wildman–Crippen LogP) is 2.93. The molecule has 1 aliphatic rings. The minimum Gasteiger partial charge on any atom is -0.408 e. The van der Waals surface area contributed by atoms with E-state index >= 15 is 0 Å². The maximum atomic E-state index is 12.7. The van der Waals surface area contributed by atoms with Gasteiger partial charge in [-0.05, 0) is 49.2 Å². The lowest BCUT2D eigenvalue weighted by molar-refractivity contribution is -0.117. The lowest BCUT2D eigenvalue weighted by Gasteiger charge is -2.16. The number of oxazole rings is 1. The van der Waals surface area contributed by atoms with Crippen molar-refractivity contribution in [2.24, 2.45) is 0 Å². The molecule has 3 aromatic rings. The zero-order valence-corrected chi connectivity index (χ0v) is 16.7. The van der Waals surface area contributed by atoms with Crippen molar-refractivity contribution in [1.29, 1.82) is 0 Å². The molecule has 0 atom stereocenters. The second kappa shape index (κ2) is 7.40. The number of anilines is 2. The summed E-state index contributed by atoms with van der Waals surface area (Å²) in [6, 6.07) is 11.0. The second-order valence-corrected chi connectivity index (χ2v) is 8.63. The molecule has 8 nitrogen and oxygen atoms in total. The highest BCUT2D eigenvalue weighted by molar-refractivity contribution is 7.92. The normalized spacial score (nSPS) is 14.7. The molecular formula is C20H21N3O5S. The summed E-state index contributed by atoms with van der Waals surface area (Å²) in [5.41, 5.74) is 1.94. The summed E-state index contributed by atoms with van der Waals surface area (Å²) in [6.45, 7) is 3.13. The summed E-state index contributed by atoms with van der Waals surface area (Å²) in [7, 11) is -3.83. The van der Waals surface area contributed by atoms with Crippen LogP contribution in [0.2, 0.25) is 0 Å². The van der Waals surface area contributed by atoms with E-state index in [1.165, 1.54) is 22.8 Å². The molecule has 1 N–H and O–H groups in total. The summed E-state index contributed by atoms with van der Waals surface area (Å²) in [5, 5.41) is 0. The molecule has 1 amide bonds. The Morgan fingerprint density at radius 1 is 1.10 bits per heavy atom. The van der Waals surface area contributed by atoms with Crippen LogP contribution in [0.3, 0.4) is 0 Å². The number of aryl methyl sites for hydroxylation is 1. The second-order valence-electron chi connectivity index (χ2n) is 6.95. The number of fused-ring (bicyclic) bond motifs is 1. The van der Waals surface area contributed by atoms with Crippen LogP contribution in [0.5, 0.6) is 0 Å². The first-order chi connectivity index (χ1) is 13.9. The first-order valence-electron chi connectivity index (χ1n) is 9.46. The molecule has 0 aliphatic carbocycles. The highest BCUT2D eigenvalue weighted by atomic mass is 32.2. The van der Waals surface area contributed by atoms with E-state index in [0.29, 0.717) is 42.0 Å². The van der Waals surface area contributed by atoms with E-state index in [-0.39, 0.29) is 10.8 Å². The quantitative estimate of drug-likeness (QED) is 0.667. The van der Waals surface area contributed by atoms with Gasteiger partial charge < -0.3 is 9.32 Å². The number of rotatable bonds is 6. The van der Waals surface area contributed by atoms with Gasteiger partial charge in [0.15, 0.2) is 5.58 Å². The van der Waals surface area contributed by atoms with Crippen molar-refractivity contribution in [3.8, 4) is 0 Å². The Morgan fingerprint density at radius 2 is 1.86 bits per heavy atom. The summed E-state index contributed by atoms with van der Waals surface area (Å²) in [6.07, 6.45) is 2.10. The number of aromatic nitrogens is 1. The SMILES string of the molecule is CCCn1c(=O)oc2cc(NS(=O)(=O)c3ccc(N4CCCC4=O)cc3)ccc21. The van der Waals surface area contributed by atoms with Crippen molar-refractivity contribution >= 4 is 38.4 Å². The maximum Gasteiger partial charge on any atom is 0.419 e. The van der Waals surface area contributed by atoms with E-state index in [0.717, 1.165) is 12.8 Å². The molecule has 1 fully saturated rings. The zero-order chi connectivity index (χ0) is 20.6. The van der Waals surface area contributed by atoms with Gasteiger partial charge in [0.25, 0.3) is 10.0 Å². The molecule has 0 saturated carbocycles. The van der Waals surface area contributed by atoms with E-state index in [9.17, 15) is 18.0 Å². The van der Waals surface area contributed by atoms with Crippen LogP contribution >= 0.6 is 0 Å². The zero-order valence-electron chi connectivity index (χ0n) is 15.9. The van der Waals surface area contributed by atoms with Crippen molar-refractivity contribution in [3.63, 3.8) is 0 Å². The molecule has 2 aromatic carbocycles. The number of carbonyl (C=O) groups excluding carboxylic acids is 1. The van der Waals surface area contributed by atoms with Crippen molar-refractivity contribution in [2.75, 3.05) is 16.2 Å². The van der Waals surface area contributed by atoms with Crippen LogP contribution in [0.1, 0.15) is 26.2 Å². The standard InChI is InChI=1S/C20H21N3O5S/c1-2-11-23-17-10-5-14(13-18(17)28-20(23)25)21-29(26,27)16-8-6-15(7-9-16)22-12-3-4-19(22)24/h5-10,13,21H,2-4,11-12H2,1H3. The lowest BCUT2D eigenvalue weighted by atomic mass is 10.3. The molecule has 0 bridgehead atoms. The van der Waals surface area contributed by atoms with Gasteiger partial charge in [-0.15, -0.1) is 0 Å². The van der Waals surface area contributed by atoms with E-state index < -0.39 is 15.8 Å². The van der Waals surface area contributed by atoms with Crippen LogP contribution in [-0.2, 0) is 21.4 Å². The van der Waals surface area contributed by atoms with E-state index in [1.807, 2.05) is 6.92 Å². The summed E-state index contributed by atoms with van der Waals surface area (Å²) < 4.78 is 34.7. The largest absolute Gasteiger partial charge is 0.419 e. The Kier molecular flexibility index (Phi) is 4.91. The van der Waals surface area contributed by atoms with Gasteiger partial charge in [-0.2, -0.15) is 0 Å². The molecule has 1 saturated heterocycles. The van der Waals surface area contributed by atoms with Gasteiger partial charge in [0, 0.05) is 31.3 Å². The number of nitrogens with one attached hydrogen (secondary N) is 1. The summed E-state index contributed by atoms with van der Waals surface area (Å²) in [5.74, 6) is -0.419. The fourth-order valence-corrected chi connectivity index (χ4v) is 4.56. The van der Waals surface area contributed by atoms with Crippen LogP contribution in [-0.4, -0.2) is 25.4 Å². The Morgan fingerprint density at radius 3 is 2.52 bits per heavy atom. The van der Waals surface area contributed by atoms with Gasteiger partial charge in [-0.1, -0.05) is 6.92 Å². The van der Waals surface area contributed by atoms with Gasteiger partial charge in [-0.25, -0.2) is 13.2 Å². The fraction of sp³-hybridized carbons (Fsp3) is 0.300. The average molecular weight is 415 g/mol.